The lowest BCUT2D eigenvalue weighted by Crippen LogP contribution is -2.53. The highest BCUT2D eigenvalue weighted by Crippen LogP contribution is 2.57. The summed E-state index contributed by atoms with van der Waals surface area (Å²) in [6.45, 7) is 7.88. The van der Waals surface area contributed by atoms with Gasteiger partial charge in [0.2, 0.25) is 11.8 Å². The lowest BCUT2D eigenvalue weighted by molar-refractivity contribution is -0.143. The van der Waals surface area contributed by atoms with Crippen molar-refractivity contribution in [3.8, 4) is 0 Å². The predicted molar refractivity (Wildman–Crippen MR) is 147 cm³/mol. The monoisotopic (exact) mass is 559 g/mol. The number of amides is 2. The van der Waals surface area contributed by atoms with Gasteiger partial charge >= 0.3 is 0 Å². The number of thiazole rings is 1. The number of fused-ring (bicyclic) bond motifs is 2. The molecule has 3 aliphatic rings. The van der Waals surface area contributed by atoms with E-state index in [2.05, 4.69) is 19.2 Å². The Balaban J connectivity index is 1.31. The van der Waals surface area contributed by atoms with Crippen LogP contribution in [0.1, 0.15) is 62.9 Å². The van der Waals surface area contributed by atoms with Crippen molar-refractivity contribution in [2.24, 2.45) is 23.2 Å². The fraction of sp³-hybridized carbons (Fsp3) is 0.607. The maximum Gasteiger partial charge on any atom is 0.241 e. The third kappa shape index (κ3) is 5.02. The zero-order valence-corrected chi connectivity index (χ0v) is 23.9. The Labute approximate surface area is 228 Å². The van der Waals surface area contributed by atoms with Crippen LogP contribution in [-0.2, 0) is 25.8 Å². The Morgan fingerprint density at radius 3 is 2.61 bits per heavy atom. The molecule has 8 nitrogen and oxygen atoms in total. The zero-order valence-electron chi connectivity index (χ0n) is 22.2. The molecule has 0 spiro atoms. The molecule has 0 bridgehead atoms. The van der Waals surface area contributed by atoms with Gasteiger partial charge in [0.15, 0.2) is 15.0 Å². The minimum Gasteiger partial charge on any atom is -0.392 e. The van der Waals surface area contributed by atoms with Gasteiger partial charge in [-0.15, -0.1) is 11.3 Å². The molecule has 1 aromatic heterocycles. The summed E-state index contributed by atoms with van der Waals surface area (Å²) in [5.41, 5.74) is 0.723. The Morgan fingerprint density at radius 1 is 1.24 bits per heavy atom. The number of aliphatic hydroxyl groups is 1. The molecule has 2 aromatic rings. The van der Waals surface area contributed by atoms with Crippen molar-refractivity contribution in [3.05, 3.63) is 40.9 Å². The molecule has 0 radical (unpaired) electrons. The van der Waals surface area contributed by atoms with Gasteiger partial charge in [0.25, 0.3) is 0 Å². The lowest BCUT2D eigenvalue weighted by Gasteiger charge is -2.53. The van der Waals surface area contributed by atoms with Gasteiger partial charge in [-0.3, -0.25) is 9.59 Å². The molecule has 1 saturated carbocycles. The van der Waals surface area contributed by atoms with E-state index in [1.807, 2.05) is 11.8 Å². The number of rotatable bonds is 6. The summed E-state index contributed by atoms with van der Waals surface area (Å²) < 4.78 is 25.2. The third-order valence-corrected chi connectivity index (χ3v) is 11.7. The van der Waals surface area contributed by atoms with E-state index in [0.29, 0.717) is 5.13 Å². The van der Waals surface area contributed by atoms with E-state index >= 15 is 0 Å². The molecule has 6 atom stereocenters. The molecule has 5 rings (SSSR count). The fourth-order valence-electron chi connectivity index (χ4n) is 7.05. The average molecular weight is 560 g/mol. The molecule has 0 unspecified atom stereocenters. The number of carbonyl (C=O) groups is 2. The first-order valence-corrected chi connectivity index (χ1v) is 16.0. The lowest BCUT2D eigenvalue weighted by atomic mass is 9.53. The quantitative estimate of drug-likeness (QED) is 0.555. The van der Waals surface area contributed by atoms with Crippen LogP contribution in [0.2, 0.25) is 0 Å². The minimum absolute atomic E-state index is 0.0494. The Hall–Kier alpha value is -2.30. The van der Waals surface area contributed by atoms with Crippen LogP contribution in [0.15, 0.2) is 35.2 Å². The number of aliphatic hydroxyl groups excluding tert-OH is 1. The van der Waals surface area contributed by atoms with Crippen LogP contribution in [0.3, 0.4) is 0 Å². The first kappa shape index (κ1) is 27.3. The van der Waals surface area contributed by atoms with E-state index in [1.165, 1.54) is 23.5 Å². The number of anilines is 1. The largest absolute Gasteiger partial charge is 0.392 e. The van der Waals surface area contributed by atoms with Crippen molar-refractivity contribution in [3.63, 3.8) is 0 Å². The van der Waals surface area contributed by atoms with E-state index in [9.17, 15) is 23.1 Å². The maximum atomic E-state index is 13.1. The van der Waals surface area contributed by atoms with Crippen molar-refractivity contribution in [2.75, 3.05) is 24.2 Å². The highest BCUT2D eigenvalue weighted by molar-refractivity contribution is 7.92. The first-order valence-electron chi connectivity index (χ1n) is 13.5. The summed E-state index contributed by atoms with van der Waals surface area (Å²) in [6.07, 6.45) is 3.94. The number of nitrogens with one attached hydrogen (secondary N) is 1. The number of likely N-dealkylation sites (tertiary alicyclic amines) is 1. The van der Waals surface area contributed by atoms with Gasteiger partial charge in [0.1, 0.15) is 5.75 Å². The van der Waals surface area contributed by atoms with Crippen LogP contribution in [0.5, 0.6) is 0 Å². The van der Waals surface area contributed by atoms with Crippen LogP contribution < -0.4 is 5.32 Å². The smallest absolute Gasteiger partial charge is 0.241 e. The Bertz CT molecular complexity index is 1300. The van der Waals surface area contributed by atoms with Crippen LogP contribution in [0.4, 0.5) is 5.13 Å². The summed E-state index contributed by atoms with van der Waals surface area (Å²) >= 11 is 1.39. The predicted octanol–water partition coefficient (Wildman–Crippen LogP) is 3.87. The van der Waals surface area contributed by atoms with Gasteiger partial charge in [0.05, 0.1) is 16.7 Å². The van der Waals surface area contributed by atoms with Crippen molar-refractivity contribution in [2.45, 2.75) is 69.8 Å². The van der Waals surface area contributed by atoms with E-state index in [0.717, 1.165) is 55.8 Å². The van der Waals surface area contributed by atoms with Gasteiger partial charge in [-0.05, 0) is 61.5 Å². The second-order valence-electron chi connectivity index (χ2n) is 11.6. The van der Waals surface area contributed by atoms with Crippen LogP contribution in [0, 0.1) is 23.2 Å². The molecule has 10 heteroatoms. The number of carbonyl (C=O) groups excluding carboxylic acids is 2. The summed E-state index contributed by atoms with van der Waals surface area (Å²) in [4.78, 5) is 33.6. The molecule has 1 saturated heterocycles. The zero-order chi connectivity index (χ0) is 27.2. The number of aromatic nitrogens is 1. The second-order valence-corrected chi connectivity index (χ2v) is 14.7. The van der Waals surface area contributed by atoms with E-state index < -0.39 is 27.6 Å². The van der Waals surface area contributed by atoms with Crippen molar-refractivity contribution in [1.82, 2.24) is 9.88 Å². The van der Waals surface area contributed by atoms with Crippen molar-refractivity contribution in [1.29, 1.82) is 0 Å². The van der Waals surface area contributed by atoms with Gasteiger partial charge in [-0.2, -0.15) is 0 Å². The third-order valence-electron chi connectivity index (χ3n) is 9.04. The maximum absolute atomic E-state index is 13.1. The number of nitrogens with zero attached hydrogens (tertiary/aromatic N) is 2. The molecule has 2 N–H and O–H groups in total. The second kappa shape index (κ2) is 10.4. The number of hydrogen-bond acceptors (Lipinski definition) is 7. The normalized spacial score (nSPS) is 29.8. The average Bonchev–Trinajstić information content (AvgIpc) is 3.53. The summed E-state index contributed by atoms with van der Waals surface area (Å²) in [5, 5.41) is 14.7. The molecule has 206 valence electrons. The van der Waals surface area contributed by atoms with Crippen LogP contribution in [-0.4, -0.2) is 60.2 Å². The molecule has 2 amide bonds. The molecular weight excluding hydrogens is 522 g/mol. The molecule has 1 aliphatic heterocycles. The van der Waals surface area contributed by atoms with Crippen LogP contribution in [0.25, 0.3) is 0 Å². The van der Waals surface area contributed by atoms with E-state index in [4.69, 9.17) is 4.98 Å². The molecule has 38 heavy (non-hydrogen) atoms. The SMILES string of the molecule is C[C@H](C(=O)N1CCCC1)[C@@H]1CC[C@]2(C)Cc3sc(NC(=O)CS(=O)(=O)c4ccccc4)nc3[C@@H](C)[C@@H]2[C@H]1O. The first-order chi connectivity index (χ1) is 18.0. The van der Waals surface area contributed by atoms with Crippen molar-refractivity contribution >= 4 is 38.1 Å². The highest BCUT2D eigenvalue weighted by atomic mass is 32.2. The van der Waals surface area contributed by atoms with E-state index in [-0.39, 0.29) is 39.9 Å². The summed E-state index contributed by atoms with van der Waals surface area (Å²) in [5.74, 6) is -1.53. The summed E-state index contributed by atoms with van der Waals surface area (Å²) in [7, 11) is -3.75. The summed E-state index contributed by atoms with van der Waals surface area (Å²) in [6, 6.07) is 7.94. The van der Waals surface area contributed by atoms with Gasteiger partial charge in [-0.1, -0.05) is 39.0 Å². The Kier molecular flexibility index (Phi) is 7.43. The van der Waals surface area contributed by atoms with E-state index in [1.54, 1.807) is 18.2 Å². The topological polar surface area (TPSA) is 117 Å². The highest BCUT2D eigenvalue weighted by Gasteiger charge is 2.54. The fourth-order valence-corrected chi connectivity index (χ4v) is 9.48. The van der Waals surface area contributed by atoms with Gasteiger partial charge < -0.3 is 15.3 Å². The molecule has 1 aromatic carbocycles. The minimum atomic E-state index is -3.75. The standard InChI is InChI=1S/C28H37N3O5S2/c1-17(26(34)31-13-7-8-14-31)20-11-12-28(3)15-21-24(18(2)23(28)25(20)33)30-27(37-21)29-22(32)16-38(35,36)19-9-5-4-6-10-19/h4-6,9-10,17-18,20,23,25,33H,7-8,11-16H2,1-3H3,(H,29,30,32)/t17-,18-,20-,23+,25-,28+/m0/s1. The molecular formula is C28H37N3O5S2. The molecule has 2 fully saturated rings. The van der Waals surface area contributed by atoms with Crippen molar-refractivity contribution < 1.29 is 23.1 Å². The van der Waals surface area contributed by atoms with Gasteiger partial charge in [-0.25, -0.2) is 13.4 Å². The number of sulfone groups is 1. The van der Waals surface area contributed by atoms with Gasteiger partial charge in [0, 0.05) is 29.8 Å². The number of hydrogen-bond donors (Lipinski definition) is 2. The molecule has 2 aliphatic carbocycles. The Morgan fingerprint density at radius 2 is 1.92 bits per heavy atom. The molecule has 2 heterocycles. The number of benzene rings is 1. The van der Waals surface area contributed by atoms with Crippen LogP contribution >= 0.6 is 11.3 Å².